The Morgan fingerprint density at radius 1 is 1.26 bits per heavy atom. The van der Waals surface area contributed by atoms with E-state index >= 15 is 0 Å². The fourth-order valence-corrected chi connectivity index (χ4v) is 1.57. The van der Waals surface area contributed by atoms with E-state index in [-0.39, 0.29) is 0 Å². The highest BCUT2D eigenvalue weighted by atomic mass is 19.4. The molecular weight excluding hydrogens is 259 g/mol. The minimum absolute atomic E-state index is 0.308. The third kappa shape index (κ3) is 3.75. The minimum atomic E-state index is -4.32. The summed E-state index contributed by atoms with van der Waals surface area (Å²) in [5, 5.41) is 14.3. The molecule has 1 aromatic carbocycles. The summed E-state index contributed by atoms with van der Waals surface area (Å²) in [6.45, 7) is 0.659. The van der Waals surface area contributed by atoms with Crippen LogP contribution in [0.15, 0.2) is 24.3 Å². The third-order valence-corrected chi connectivity index (χ3v) is 2.42. The molecule has 5 nitrogen and oxygen atoms in total. The zero-order chi connectivity index (χ0) is 13.9. The zero-order valence-corrected chi connectivity index (χ0v) is 10.1. The Hall–Kier alpha value is -1.96. The highest BCUT2D eigenvalue weighted by molar-refractivity contribution is 5.25. The molecule has 0 aliphatic carbocycles. The van der Waals surface area contributed by atoms with Gasteiger partial charge in [0.05, 0.1) is 19.2 Å². The van der Waals surface area contributed by atoms with Gasteiger partial charge in [-0.25, -0.2) is 0 Å². The number of halogens is 3. The van der Waals surface area contributed by atoms with Gasteiger partial charge in [0, 0.05) is 6.54 Å². The largest absolute Gasteiger partial charge is 0.416 e. The second-order valence-corrected chi connectivity index (χ2v) is 4.00. The Bertz CT molecular complexity index is 549. The SMILES string of the molecule is Cn1nnc(CNCc2cccc(C(F)(F)F)c2)n1. The van der Waals surface area contributed by atoms with Gasteiger partial charge in [0.25, 0.3) is 0 Å². The quantitative estimate of drug-likeness (QED) is 0.916. The number of hydrogen-bond donors (Lipinski definition) is 1. The van der Waals surface area contributed by atoms with Crippen LogP contribution in [0.1, 0.15) is 17.0 Å². The molecule has 0 radical (unpaired) electrons. The first-order valence-electron chi connectivity index (χ1n) is 5.55. The van der Waals surface area contributed by atoms with Crippen molar-refractivity contribution in [2.75, 3.05) is 0 Å². The summed E-state index contributed by atoms with van der Waals surface area (Å²) >= 11 is 0. The summed E-state index contributed by atoms with van der Waals surface area (Å²) in [5.41, 5.74) is -0.0943. The minimum Gasteiger partial charge on any atom is -0.306 e. The lowest BCUT2D eigenvalue weighted by Gasteiger charge is -2.08. The van der Waals surface area contributed by atoms with Crippen LogP contribution < -0.4 is 5.32 Å². The molecule has 102 valence electrons. The Morgan fingerprint density at radius 3 is 2.68 bits per heavy atom. The van der Waals surface area contributed by atoms with Gasteiger partial charge in [-0.15, -0.1) is 10.2 Å². The third-order valence-electron chi connectivity index (χ3n) is 2.42. The molecule has 0 aliphatic rings. The van der Waals surface area contributed by atoms with E-state index in [2.05, 4.69) is 20.7 Å². The number of benzene rings is 1. The Morgan fingerprint density at radius 2 is 2.05 bits per heavy atom. The van der Waals surface area contributed by atoms with E-state index in [9.17, 15) is 13.2 Å². The summed E-state index contributed by atoms with van der Waals surface area (Å²) in [4.78, 5) is 1.32. The molecule has 0 spiro atoms. The number of nitrogens with one attached hydrogen (secondary N) is 1. The van der Waals surface area contributed by atoms with Crippen molar-refractivity contribution in [3.05, 3.63) is 41.2 Å². The number of nitrogens with zero attached hydrogens (tertiary/aromatic N) is 4. The lowest BCUT2D eigenvalue weighted by Crippen LogP contribution is -2.15. The van der Waals surface area contributed by atoms with Crippen LogP contribution in [0.3, 0.4) is 0 Å². The number of tetrazole rings is 1. The first kappa shape index (κ1) is 13.5. The van der Waals surface area contributed by atoms with Gasteiger partial charge in [-0.3, -0.25) is 0 Å². The van der Waals surface area contributed by atoms with Crippen LogP contribution in [0.25, 0.3) is 0 Å². The van der Waals surface area contributed by atoms with Crippen LogP contribution in [0.2, 0.25) is 0 Å². The van der Waals surface area contributed by atoms with Crippen LogP contribution in [0, 0.1) is 0 Å². The summed E-state index contributed by atoms with van der Waals surface area (Å²) in [5.74, 6) is 0.495. The van der Waals surface area contributed by atoms with Gasteiger partial charge in [0.15, 0.2) is 5.82 Å². The molecule has 0 atom stereocenters. The van der Waals surface area contributed by atoms with Crippen molar-refractivity contribution in [3.63, 3.8) is 0 Å². The van der Waals surface area contributed by atoms with E-state index < -0.39 is 11.7 Å². The van der Waals surface area contributed by atoms with Crippen molar-refractivity contribution >= 4 is 0 Å². The predicted octanol–water partition coefficient (Wildman–Crippen LogP) is 1.52. The maximum Gasteiger partial charge on any atom is 0.416 e. The maximum absolute atomic E-state index is 12.5. The molecule has 0 saturated heterocycles. The zero-order valence-electron chi connectivity index (χ0n) is 10.1. The highest BCUT2D eigenvalue weighted by Crippen LogP contribution is 2.29. The number of alkyl halides is 3. The second kappa shape index (κ2) is 5.35. The van der Waals surface area contributed by atoms with Crippen molar-refractivity contribution in [1.29, 1.82) is 0 Å². The number of aryl methyl sites for hydroxylation is 1. The normalized spacial score (nSPS) is 11.8. The van der Waals surface area contributed by atoms with Gasteiger partial charge in [-0.1, -0.05) is 18.2 Å². The summed E-state index contributed by atoms with van der Waals surface area (Å²) in [6, 6.07) is 5.19. The average molecular weight is 271 g/mol. The molecule has 0 bridgehead atoms. The van der Waals surface area contributed by atoms with Gasteiger partial charge < -0.3 is 5.32 Å². The molecule has 2 rings (SSSR count). The average Bonchev–Trinajstić information content (AvgIpc) is 2.74. The smallest absolute Gasteiger partial charge is 0.306 e. The van der Waals surface area contributed by atoms with E-state index in [0.717, 1.165) is 12.1 Å². The standard InChI is InChI=1S/C11H12F3N5/c1-19-17-10(16-18-19)7-15-6-8-3-2-4-9(5-8)11(12,13)14/h2-5,15H,6-7H2,1H3. The van der Waals surface area contributed by atoms with E-state index in [1.165, 1.54) is 10.9 Å². The lowest BCUT2D eigenvalue weighted by molar-refractivity contribution is -0.137. The van der Waals surface area contributed by atoms with Gasteiger partial charge in [-0.05, 0) is 16.8 Å². The fraction of sp³-hybridized carbons (Fsp3) is 0.364. The predicted molar refractivity (Wildman–Crippen MR) is 60.8 cm³/mol. The van der Waals surface area contributed by atoms with Crippen LogP contribution in [0.4, 0.5) is 13.2 Å². The van der Waals surface area contributed by atoms with E-state index in [0.29, 0.717) is 24.5 Å². The summed E-state index contributed by atoms with van der Waals surface area (Å²) < 4.78 is 37.5. The van der Waals surface area contributed by atoms with Crippen molar-refractivity contribution in [2.45, 2.75) is 19.3 Å². The molecule has 8 heteroatoms. The van der Waals surface area contributed by atoms with E-state index in [1.54, 1.807) is 13.1 Å². The first-order valence-corrected chi connectivity index (χ1v) is 5.55. The molecule has 0 aliphatic heterocycles. The first-order chi connectivity index (χ1) is 8.95. The molecule has 1 N–H and O–H groups in total. The molecule has 0 unspecified atom stereocenters. The molecule has 0 saturated carbocycles. The topological polar surface area (TPSA) is 55.6 Å². The van der Waals surface area contributed by atoms with Gasteiger partial charge in [0.2, 0.25) is 0 Å². The number of rotatable bonds is 4. The monoisotopic (exact) mass is 271 g/mol. The molecule has 1 heterocycles. The van der Waals surface area contributed by atoms with Crippen molar-refractivity contribution < 1.29 is 13.2 Å². The Labute approximate surface area is 107 Å². The van der Waals surface area contributed by atoms with E-state index in [4.69, 9.17) is 0 Å². The molecule has 1 aromatic heterocycles. The Kier molecular flexibility index (Phi) is 3.79. The molecule has 0 fully saturated rings. The van der Waals surface area contributed by atoms with Crippen molar-refractivity contribution in [2.24, 2.45) is 7.05 Å². The number of hydrogen-bond acceptors (Lipinski definition) is 4. The van der Waals surface area contributed by atoms with Crippen LogP contribution in [-0.2, 0) is 26.3 Å². The molecular formula is C11H12F3N5. The number of aromatic nitrogens is 4. The van der Waals surface area contributed by atoms with Gasteiger partial charge in [-0.2, -0.15) is 18.0 Å². The van der Waals surface area contributed by atoms with Crippen molar-refractivity contribution in [3.8, 4) is 0 Å². The second-order valence-electron chi connectivity index (χ2n) is 4.00. The fourth-order valence-electron chi connectivity index (χ4n) is 1.57. The van der Waals surface area contributed by atoms with Crippen molar-refractivity contribution in [1.82, 2.24) is 25.5 Å². The van der Waals surface area contributed by atoms with Gasteiger partial charge >= 0.3 is 6.18 Å². The summed E-state index contributed by atoms with van der Waals surface area (Å²) in [6.07, 6.45) is -4.32. The van der Waals surface area contributed by atoms with Crippen LogP contribution in [-0.4, -0.2) is 20.2 Å². The Balaban J connectivity index is 1.93. The molecule has 19 heavy (non-hydrogen) atoms. The molecule has 0 amide bonds. The van der Waals surface area contributed by atoms with Gasteiger partial charge in [0.1, 0.15) is 0 Å². The van der Waals surface area contributed by atoms with E-state index in [1.807, 2.05) is 0 Å². The lowest BCUT2D eigenvalue weighted by atomic mass is 10.1. The maximum atomic E-state index is 12.5. The van der Waals surface area contributed by atoms with Crippen LogP contribution in [0.5, 0.6) is 0 Å². The summed E-state index contributed by atoms with van der Waals surface area (Å²) in [7, 11) is 1.64. The highest BCUT2D eigenvalue weighted by Gasteiger charge is 2.30. The van der Waals surface area contributed by atoms with Crippen LogP contribution >= 0.6 is 0 Å². The molecule has 2 aromatic rings.